The van der Waals surface area contributed by atoms with E-state index in [-0.39, 0.29) is 5.91 Å². The van der Waals surface area contributed by atoms with Crippen LogP contribution < -0.4 is 4.74 Å². The highest BCUT2D eigenvalue weighted by Crippen LogP contribution is 2.28. The number of carbonyl (C=O) groups excluding carboxylic acids is 1. The maximum atomic E-state index is 12.9. The van der Waals surface area contributed by atoms with Crippen LogP contribution in [-0.2, 0) is 44.3 Å². The number of carbonyl (C=O) groups is 1. The molecule has 162 valence electrons. The normalized spacial score (nSPS) is 16.4. The molecule has 2 aliphatic heterocycles. The van der Waals surface area contributed by atoms with Crippen molar-refractivity contribution < 1.29 is 9.53 Å². The fraction of sp³-hybridized carbons (Fsp3) is 0.417. The summed E-state index contributed by atoms with van der Waals surface area (Å²) in [5.74, 6) is 1.08. The Balaban J connectivity index is 1.23. The molecule has 0 saturated heterocycles. The minimum Gasteiger partial charge on any atom is -0.491 e. The lowest BCUT2D eigenvalue weighted by atomic mass is 10.1. The van der Waals surface area contributed by atoms with Crippen molar-refractivity contribution in [3.63, 3.8) is 0 Å². The summed E-state index contributed by atoms with van der Waals surface area (Å²) in [4.78, 5) is 18.8. The molecule has 4 heterocycles. The molecule has 5 rings (SSSR count). The second-order valence-electron chi connectivity index (χ2n) is 8.46. The maximum absolute atomic E-state index is 12.9. The average molecular weight is 437 g/mol. The average Bonchev–Trinajstić information content (AvgIpc) is 3.35. The van der Waals surface area contributed by atoms with Gasteiger partial charge in [0.25, 0.3) is 0 Å². The first-order valence-electron chi connectivity index (χ1n) is 10.9. The van der Waals surface area contributed by atoms with Crippen molar-refractivity contribution in [2.75, 3.05) is 19.7 Å². The van der Waals surface area contributed by atoms with Crippen LogP contribution in [0.3, 0.4) is 0 Å². The summed E-state index contributed by atoms with van der Waals surface area (Å²) in [5.41, 5.74) is 4.96. The largest absolute Gasteiger partial charge is 0.491 e. The third-order valence-corrected chi connectivity index (χ3v) is 7.16. The first-order valence-corrected chi connectivity index (χ1v) is 11.8. The van der Waals surface area contributed by atoms with Gasteiger partial charge in [0.05, 0.1) is 12.7 Å². The molecule has 1 amide bonds. The van der Waals surface area contributed by atoms with Crippen LogP contribution in [0.1, 0.15) is 33.6 Å². The fourth-order valence-electron chi connectivity index (χ4n) is 4.47. The van der Waals surface area contributed by atoms with E-state index in [4.69, 9.17) is 4.74 Å². The highest BCUT2D eigenvalue weighted by molar-refractivity contribution is 7.10. The molecule has 3 aromatic rings. The molecule has 1 aromatic carbocycles. The standard InChI is InChI=1S/C24H28N4O2S/c1-26-14-19(13-25-26)3-5-24(29)28-9-10-30-22-4-2-18(12-21(22)17-28)15-27-8-6-23-20(16-27)7-11-31-23/h2,4,7,11-14H,3,5-6,8-10,15-17H2,1H3. The molecule has 6 nitrogen and oxygen atoms in total. The van der Waals surface area contributed by atoms with Crippen LogP contribution in [0.5, 0.6) is 5.75 Å². The first-order chi connectivity index (χ1) is 15.1. The third-order valence-electron chi connectivity index (χ3n) is 6.14. The number of amides is 1. The minimum absolute atomic E-state index is 0.173. The number of ether oxygens (including phenoxy) is 1. The number of thiophene rings is 1. The van der Waals surface area contributed by atoms with Gasteiger partial charge in [-0.3, -0.25) is 14.4 Å². The molecule has 0 radical (unpaired) electrons. The summed E-state index contributed by atoms with van der Waals surface area (Å²) in [6, 6.07) is 8.73. The Kier molecular flexibility index (Phi) is 5.78. The molecular formula is C24H28N4O2S. The van der Waals surface area contributed by atoms with Gasteiger partial charge in [0, 0.05) is 56.3 Å². The molecule has 7 heteroatoms. The number of aromatic nitrogens is 2. The molecular weight excluding hydrogens is 408 g/mol. The van der Waals surface area contributed by atoms with E-state index < -0.39 is 0 Å². The summed E-state index contributed by atoms with van der Waals surface area (Å²) in [6.07, 6.45) is 6.16. The van der Waals surface area contributed by atoms with Crippen LogP contribution in [0.25, 0.3) is 0 Å². The number of hydrogen-bond donors (Lipinski definition) is 0. The van der Waals surface area contributed by atoms with Crippen LogP contribution >= 0.6 is 11.3 Å². The number of aryl methyl sites for hydroxylation is 2. The van der Waals surface area contributed by atoms with Crippen LogP contribution in [0.4, 0.5) is 0 Å². The zero-order valence-electron chi connectivity index (χ0n) is 17.9. The number of nitrogens with zero attached hydrogens (tertiary/aromatic N) is 4. The monoisotopic (exact) mass is 436 g/mol. The van der Waals surface area contributed by atoms with Crippen LogP contribution in [0.2, 0.25) is 0 Å². The molecule has 31 heavy (non-hydrogen) atoms. The minimum atomic E-state index is 0.173. The van der Waals surface area contributed by atoms with E-state index in [1.54, 1.807) is 4.68 Å². The number of rotatable bonds is 5. The highest BCUT2D eigenvalue weighted by atomic mass is 32.1. The van der Waals surface area contributed by atoms with Gasteiger partial charge in [-0.2, -0.15) is 5.10 Å². The molecule has 0 spiro atoms. The zero-order chi connectivity index (χ0) is 21.2. The predicted octanol–water partition coefficient (Wildman–Crippen LogP) is 3.39. The van der Waals surface area contributed by atoms with Gasteiger partial charge in [-0.15, -0.1) is 11.3 Å². The molecule has 0 saturated carbocycles. The molecule has 0 N–H and O–H groups in total. The third kappa shape index (κ3) is 4.67. The van der Waals surface area contributed by atoms with Gasteiger partial charge in [-0.1, -0.05) is 6.07 Å². The molecule has 2 aliphatic rings. The molecule has 2 aromatic heterocycles. The second-order valence-corrected chi connectivity index (χ2v) is 9.46. The van der Waals surface area contributed by atoms with E-state index >= 15 is 0 Å². The number of benzene rings is 1. The summed E-state index contributed by atoms with van der Waals surface area (Å²) in [6.45, 7) is 4.83. The van der Waals surface area contributed by atoms with Gasteiger partial charge in [0.2, 0.25) is 5.91 Å². The van der Waals surface area contributed by atoms with E-state index in [2.05, 4.69) is 39.6 Å². The molecule has 0 bridgehead atoms. The Morgan fingerprint density at radius 3 is 2.97 bits per heavy atom. The van der Waals surface area contributed by atoms with E-state index in [1.165, 1.54) is 16.0 Å². The Morgan fingerprint density at radius 2 is 2.10 bits per heavy atom. The Morgan fingerprint density at radius 1 is 1.16 bits per heavy atom. The van der Waals surface area contributed by atoms with Gasteiger partial charge in [-0.25, -0.2) is 0 Å². The maximum Gasteiger partial charge on any atom is 0.223 e. The second kappa shape index (κ2) is 8.85. The summed E-state index contributed by atoms with van der Waals surface area (Å²) >= 11 is 1.88. The first kappa shape index (κ1) is 20.3. The van der Waals surface area contributed by atoms with Crippen molar-refractivity contribution in [3.05, 3.63) is 69.2 Å². The van der Waals surface area contributed by atoms with Gasteiger partial charge >= 0.3 is 0 Å². The molecule has 0 atom stereocenters. The quantitative estimate of drug-likeness (QED) is 0.615. The lowest BCUT2D eigenvalue weighted by Gasteiger charge is -2.27. The number of fused-ring (bicyclic) bond motifs is 2. The van der Waals surface area contributed by atoms with Crippen molar-refractivity contribution >= 4 is 17.2 Å². The lowest BCUT2D eigenvalue weighted by Crippen LogP contribution is -2.32. The SMILES string of the molecule is Cn1cc(CCC(=O)N2CCOc3ccc(CN4CCc5sccc5C4)cc3C2)cn1. The smallest absolute Gasteiger partial charge is 0.223 e. The fourth-order valence-corrected chi connectivity index (χ4v) is 5.36. The van der Waals surface area contributed by atoms with Gasteiger partial charge in [-0.05, 0) is 53.1 Å². The summed E-state index contributed by atoms with van der Waals surface area (Å²) in [7, 11) is 1.90. The van der Waals surface area contributed by atoms with Crippen LogP contribution in [0, 0.1) is 0 Å². The van der Waals surface area contributed by atoms with Crippen molar-refractivity contribution in [1.82, 2.24) is 19.6 Å². The Bertz CT molecular complexity index is 1070. The number of hydrogen-bond acceptors (Lipinski definition) is 5. The van der Waals surface area contributed by atoms with Gasteiger partial charge in [0.1, 0.15) is 12.4 Å². The lowest BCUT2D eigenvalue weighted by molar-refractivity contribution is -0.131. The molecule has 0 aliphatic carbocycles. The van der Waals surface area contributed by atoms with Crippen molar-refractivity contribution in [2.24, 2.45) is 7.05 Å². The van der Waals surface area contributed by atoms with E-state index in [0.717, 1.165) is 49.4 Å². The Hall–Kier alpha value is -2.64. The van der Waals surface area contributed by atoms with Crippen molar-refractivity contribution in [2.45, 2.75) is 38.9 Å². The summed E-state index contributed by atoms with van der Waals surface area (Å²) < 4.78 is 7.73. The Labute approximate surface area is 187 Å². The highest BCUT2D eigenvalue weighted by Gasteiger charge is 2.22. The van der Waals surface area contributed by atoms with E-state index in [1.807, 2.05) is 35.7 Å². The van der Waals surface area contributed by atoms with E-state index in [9.17, 15) is 4.79 Å². The van der Waals surface area contributed by atoms with Crippen molar-refractivity contribution in [3.8, 4) is 5.75 Å². The van der Waals surface area contributed by atoms with E-state index in [0.29, 0.717) is 26.1 Å². The van der Waals surface area contributed by atoms with Crippen molar-refractivity contribution in [1.29, 1.82) is 0 Å². The topological polar surface area (TPSA) is 50.6 Å². The van der Waals surface area contributed by atoms with Gasteiger partial charge in [0.15, 0.2) is 0 Å². The molecule has 0 unspecified atom stereocenters. The summed E-state index contributed by atoms with van der Waals surface area (Å²) in [5, 5.41) is 6.39. The van der Waals surface area contributed by atoms with Crippen LogP contribution in [0.15, 0.2) is 42.0 Å². The van der Waals surface area contributed by atoms with Crippen LogP contribution in [-0.4, -0.2) is 45.2 Å². The zero-order valence-corrected chi connectivity index (χ0v) is 18.7. The molecule has 0 fully saturated rings. The van der Waals surface area contributed by atoms with Gasteiger partial charge < -0.3 is 9.64 Å². The predicted molar refractivity (Wildman–Crippen MR) is 121 cm³/mol.